The fraction of sp³-hybridized carbons (Fsp3) is 0.176. The van der Waals surface area contributed by atoms with Gasteiger partial charge in [-0.25, -0.2) is 23.8 Å². The number of rotatable bonds is 5. The average Bonchev–Trinajstić information content (AvgIpc) is 2.98. The van der Waals surface area contributed by atoms with E-state index in [2.05, 4.69) is 35.7 Å². The van der Waals surface area contributed by atoms with Crippen molar-refractivity contribution in [3.05, 3.63) is 52.9 Å². The van der Waals surface area contributed by atoms with Gasteiger partial charge >= 0.3 is 5.97 Å². The van der Waals surface area contributed by atoms with Crippen molar-refractivity contribution in [3.8, 4) is 23.0 Å². The van der Waals surface area contributed by atoms with Crippen LogP contribution in [-0.4, -0.2) is 38.9 Å². The van der Waals surface area contributed by atoms with Gasteiger partial charge in [-0.15, -0.1) is 5.10 Å². The second-order valence-corrected chi connectivity index (χ2v) is 6.13. The summed E-state index contributed by atoms with van der Waals surface area (Å²) < 4.78 is 39.2. The molecule has 0 N–H and O–H groups in total. The third-order valence-electron chi connectivity index (χ3n) is 3.56. The van der Waals surface area contributed by atoms with E-state index in [0.717, 1.165) is 6.07 Å². The Kier molecular flexibility index (Phi) is 5.45. The summed E-state index contributed by atoms with van der Waals surface area (Å²) in [7, 11) is 1.23. The number of aromatic nitrogens is 4. The molecular weight excluding hydrogens is 426 g/mol. The van der Waals surface area contributed by atoms with E-state index in [1.807, 2.05) is 0 Å². The van der Waals surface area contributed by atoms with Gasteiger partial charge in [0, 0.05) is 18.0 Å². The molecule has 0 fully saturated rings. The quantitative estimate of drug-likeness (QED) is 0.449. The molecule has 27 heavy (non-hydrogen) atoms. The molecule has 1 atom stereocenters. The van der Waals surface area contributed by atoms with E-state index in [4.69, 9.17) is 4.74 Å². The number of halogens is 3. The third kappa shape index (κ3) is 3.80. The van der Waals surface area contributed by atoms with Gasteiger partial charge in [-0.05, 0) is 47.1 Å². The van der Waals surface area contributed by atoms with Crippen LogP contribution in [0.4, 0.5) is 8.78 Å². The van der Waals surface area contributed by atoms with Crippen LogP contribution in [0.5, 0.6) is 5.88 Å². The van der Waals surface area contributed by atoms with E-state index in [-0.39, 0.29) is 11.7 Å². The molecule has 3 aromatic rings. The van der Waals surface area contributed by atoms with E-state index in [1.165, 1.54) is 49.3 Å². The van der Waals surface area contributed by atoms with Gasteiger partial charge in [0.1, 0.15) is 4.47 Å². The molecule has 140 valence electrons. The van der Waals surface area contributed by atoms with E-state index < -0.39 is 23.8 Å². The van der Waals surface area contributed by atoms with Gasteiger partial charge in [0.2, 0.25) is 11.8 Å². The van der Waals surface area contributed by atoms with Gasteiger partial charge in [-0.2, -0.15) is 4.39 Å². The monoisotopic (exact) mass is 438 g/mol. The molecule has 0 bridgehead atoms. The molecule has 0 radical (unpaired) electrons. The molecule has 0 aliphatic carbocycles. The van der Waals surface area contributed by atoms with Crippen LogP contribution < -0.4 is 4.74 Å². The number of pyridine rings is 2. The molecule has 0 aromatic carbocycles. The van der Waals surface area contributed by atoms with E-state index >= 15 is 0 Å². The summed E-state index contributed by atoms with van der Waals surface area (Å²) in [4.78, 5) is 19.2. The Bertz CT molecular complexity index is 979. The molecule has 0 saturated carbocycles. The van der Waals surface area contributed by atoms with Crippen LogP contribution in [0.25, 0.3) is 17.1 Å². The van der Waals surface area contributed by atoms with Gasteiger partial charge in [-0.1, -0.05) is 0 Å². The zero-order valence-corrected chi connectivity index (χ0v) is 15.8. The summed E-state index contributed by atoms with van der Waals surface area (Å²) in [5, 5.41) is 4.21. The van der Waals surface area contributed by atoms with Crippen LogP contribution in [0.3, 0.4) is 0 Å². The number of carbonyl (C=O) groups excluding carboxylic acids is 1. The zero-order valence-electron chi connectivity index (χ0n) is 14.2. The number of esters is 1. The zero-order chi connectivity index (χ0) is 19.6. The lowest BCUT2D eigenvalue weighted by Crippen LogP contribution is -2.25. The maximum atomic E-state index is 14.3. The summed E-state index contributed by atoms with van der Waals surface area (Å²) in [6.45, 7) is 1.48. The van der Waals surface area contributed by atoms with Crippen LogP contribution in [0, 0.1) is 11.8 Å². The maximum absolute atomic E-state index is 14.3. The van der Waals surface area contributed by atoms with Crippen molar-refractivity contribution in [1.29, 1.82) is 0 Å². The van der Waals surface area contributed by atoms with Crippen molar-refractivity contribution in [1.82, 2.24) is 19.7 Å². The topological polar surface area (TPSA) is 79.1 Å². The normalized spacial score (nSPS) is 11.9. The molecule has 3 rings (SSSR count). The number of hydrogen-bond acceptors (Lipinski definition) is 6. The highest BCUT2D eigenvalue weighted by Crippen LogP contribution is 2.37. The predicted octanol–water partition coefficient (Wildman–Crippen LogP) is 3.31. The first kappa shape index (κ1) is 18.9. The van der Waals surface area contributed by atoms with Crippen molar-refractivity contribution in [2.75, 3.05) is 7.11 Å². The van der Waals surface area contributed by atoms with Gasteiger partial charge in [0.05, 0.1) is 12.8 Å². The van der Waals surface area contributed by atoms with Crippen molar-refractivity contribution in [2.45, 2.75) is 13.0 Å². The summed E-state index contributed by atoms with van der Waals surface area (Å²) >= 11 is 3.35. The van der Waals surface area contributed by atoms with Gasteiger partial charge in [0.15, 0.2) is 17.7 Å². The van der Waals surface area contributed by atoms with Crippen molar-refractivity contribution in [3.63, 3.8) is 0 Å². The Morgan fingerprint density at radius 2 is 2.04 bits per heavy atom. The highest BCUT2D eigenvalue weighted by molar-refractivity contribution is 9.10. The minimum atomic E-state index is -0.956. The first-order valence-corrected chi connectivity index (χ1v) is 8.47. The number of methoxy groups -OCH3 is 1. The van der Waals surface area contributed by atoms with Crippen LogP contribution in [0.2, 0.25) is 0 Å². The Balaban J connectivity index is 2.16. The van der Waals surface area contributed by atoms with Gasteiger partial charge < -0.3 is 9.47 Å². The standard InChI is InChI=1S/C17H13BrF2N4O3/c1-9(17(25)26-2)27-16-13(18)14(10-5-6-12(20)22-8-10)24(23-16)15-11(19)4-3-7-21-15/h3-9H,1-2H3/t9-/m1/s1. The molecular formula is C17H13BrF2N4O3. The van der Waals surface area contributed by atoms with E-state index in [0.29, 0.717) is 15.7 Å². The number of ether oxygens (including phenoxy) is 2. The summed E-state index contributed by atoms with van der Waals surface area (Å²) in [6.07, 6.45) is 1.71. The third-order valence-corrected chi connectivity index (χ3v) is 4.28. The molecule has 3 heterocycles. The maximum Gasteiger partial charge on any atom is 0.346 e. The SMILES string of the molecule is COC(=O)[C@@H](C)Oc1nn(-c2ncccc2F)c(-c2ccc(F)nc2)c1Br. The molecule has 10 heteroatoms. The first-order chi connectivity index (χ1) is 12.9. The molecule has 0 aliphatic rings. The molecule has 0 spiro atoms. The fourth-order valence-electron chi connectivity index (χ4n) is 2.29. The molecule has 0 saturated heterocycles. The van der Waals surface area contributed by atoms with Crippen LogP contribution >= 0.6 is 15.9 Å². The lowest BCUT2D eigenvalue weighted by atomic mass is 10.2. The number of hydrogen-bond donors (Lipinski definition) is 0. The smallest absolute Gasteiger partial charge is 0.346 e. The fourth-order valence-corrected chi connectivity index (χ4v) is 2.86. The van der Waals surface area contributed by atoms with Crippen LogP contribution in [-0.2, 0) is 9.53 Å². The Morgan fingerprint density at radius 1 is 1.26 bits per heavy atom. The van der Waals surface area contributed by atoms with Crippen LogP contribution in [0.1, 0.15) is 6.92 Å². The highest BCUT2D eigenvalue weighted by Gasteiger charge is 2.25. The Hall–Kier alpha value is -2.88. The molecule has 3 aromatic heterocycles. The Morgan fingerprint density at radius 3 is 2.67 bits per heavy atom. The summed E-state index contributed by atoms with van der Waals surface area (Å²) in [6, 6.07) is 5.27. The minimum absolute atomic E-state index is 0.0114. The lowest BCUT2D eigenvalue weighted by molar-refractivity contribution is -0.148. The largest absolute Gasteiger partial charge is 0.466 e. The Labute approximate surface area is 161 Å². The highest BCUT2D eigenvalue weighted by atomic mass is 79.9. The van der Waals surface area contributed by atoms with E-state index in [1.54, 1.807) is 0 Å². The lowest BCUT2D eigenvalue weighted by Gasteiger charge is -2.09. The predicted molar refractivity (Wildman–Crippen MR) is 94.3 cm³/mol. The van der Waals surface area contributed by atoms with Crippen molar-refractivity contribution in [2.24, 2.45) is 0 Å². The van der Waals surface area contributed by atoms with Crippen molar-refractivity contribution < 1.29 is 23.0 Å². The molecule has 0 amide bonds. The molecule has 7 nitrogen and oxygen atoms in total. The minimum Gasteiger partial charge on any atom is -0.466 e. The number of nitrogens with zero attached hydrogens (tertiary/aromatic N) is 4. The summed E-state index contributed by atoms with van der Waals surface area (Å²) in [5.41, 5.74) is 0.758. The summed E-state index contributed by atoms with van der Waals surface area (Å²) in [5.74, 6) is -1.99. The molecule has 0 unspecified atom stereocenters. The first-order valence-electron chi connectivity index (χ1n) is 7.68. The molecule has 0 aliphatic heterocycles. The second-order valence-electron chi connectivity index (χ2n) is 5.34. The van der Waals surface area contributed by atoms with Crippen LogP contribution in [0.15, 0.2) is 41.1 Å². The van der Waals surface area contributed by atoms with Gasteiger partial charge in [-0.3, -0.25) is 0 Å². The van der Waals surface area contributed by atoms with Crippen molar-refractivity contribution >= 4 is 21.9 Å². The number of carbonyl (C=O) groups is 1. The average molecular weight is 439 g/mol. The van der Waals surface area contributed by atoms with E-state index in [9.17, 15) is 13.6 Å². The second kappa shape index (κ2) is 7.78. The van der Waals surface area contributed by atoms with Gasteiger partial charge in [0.25, 0.3) is 0 Å².